The van der Waals surface area contributed by atoms with Crippen LogP contribution in [0.4, 0.5) is 13.2 Å². The van der Waals surface area contributed by atoms with Crippen LogP contribution in [0.3, 0.4) is 0 Å². The van der Waals surface area contributed by atoms with Gasteiger partial charge in [-0.1, -0.05) is 76.3 Å². The molecule has 1 nitrogen and oxygen atoms in total. The first kappa shape index (κ1) is 29.2. The fraction of sp³-hybridized carbons (Fsp3) is 0.647. The summed E-state index contributed by atoms with van der Waals surface area (Å²) in [5, 5.41) is 0. The minimum atomic E-state index is -3.64. The van der Waals surface area contributed by atoms with Gasteiger partial charge < -0.3 is 4.74 Å². The van der Waals surface area contributed by atoms with Gasteiger partial charge >= 0.3 is 6.11 Å². The van der Waals surface area contributed by atoms with Crippen molar-refractivity contribution in [1.82, 2.24) is 0 Å². The number of hydrogen-bond acceptors (Lipinski definition) is 1. The molecule has 0 saturated heterocycles. The van der Waals surface area contributed by atoms with E-state index >= 15 is 0 Å². The highest BCUT2D eigenvalue weighted by molar-refractivity contribution is 5.29. The molecule has 0 bridgehead atoms. The van der Waals surface area contributed by atoms with Crippen LogP contribution in [0, 0.1) is 17.7 Å². The molecule has 2 aliphatic carbocycles. The van der Waals surface area contributed by atoms with Crippen molar-refractivity contribution in [2.45, 2.75) is 122 Å². The summed E-state index contributed by atoms with van der Waals surface area (Å²) in [6.45, 7) is 4.34. The topological polar surface area (TPSA) is 9.23 Å². The quantitative estimate of drug-likeness (QED) is 0.249. The normalized spacial score (nSPS) is 24.4. The van der Waals surface area contributed by atoms with Gasteiger partial charge in [-0.3, -0.25) is 0 Å². The van der Waals surface area contributed by atoms with Crippen molar-refractivity contribution in [3.63, 3.8) is 0 Å². The van der Waals surface area contributed by atoms with Crippen LogP contribution >= 0.6 is 0 Å². The Balaban J connectivity index is 1.25. The third-order valence-electron chi connectivity index (χ3n) is 9.39. The minimum absolute atomic E-state index is 0.156. The van der Waals surface area contributed by atoms with Crippen molar-refractivity contribution in [3.8, 4) is 0 Å². The minimum Gasteiger partial charge on any atom is -0.316 e. The average Bonchev–Trinajstić information content (AvgIpc) is 2.94. The highest BCUT2D eigenvalue weighted by atomic mass is 19.3. The van der Waals surface area contributed by atoms with Crippen LogP contribution in [0.25, 0.3) is 0 Å². The zero-order valence-electron chi connectivity index (χ0n) is 23.5. The van der Waals surface area contributed by atoms with Gasteiger partial charge in [-0.15, -0.1) is 0 Å². The van der Waals surface area contributed by atoms with E-state index < -0.39 is 17.5 Å². The molecule has 0 aliphatic heterocycles. The summed E-state index contributed by atoms with van der Waals surface area (Å²) in [7, 11) is 0. The van der Waals surface area contributed by atoms with E-state index in [1.807, 2.05) is 12.1 Å². The lowest BCUT2D eigenvalue weighted by Crippen LogP contribution is -2.22. The van der Waals surface area contributed by atoms with Crippen LogP contribution in [-0.4, -0.2) is 6.61 Å². The number of halogens is 3. The molecule has 4 rings (SSSR count). The fourth-order valence-corrected chi connectivity index (χ4v) is 6.72. The van der Waals surface area contributed by atoms with Gasteiger partial charge in [-0.2, -0.15) is 8.78 Å². The Kier molecular flexibility index (Phi) is 10.8. The molecule has 2 aromatic rings. The van der Waals surface area contributed by atoms with E-state index in [1.165, 1.54) is 75.5 Å². The molecule has 0 amide bonds. The number of unbranched alkanes of at least 4 members (excludes halogenated alkanes) is 2. The van der Waals surface area contributed by atoms with Crippen molar-refractivity contribution in [1.29, 1.82) is 0 Å². The van der Waals surface area contributed by atoms with E-state index in [9.17, 15) is 13.2 Å². The average molecular weight is 529 g/mol. The molecule has 2 fully saturated rings. The van der Waals surface area contributed by atoms with Crippen molar-refractivity contribution in [3.05, 3.63) is 70.5 Å². The van der Waals surface area contributed by atoms with E-state index in [0.717, 1.165) is 48.6 Å². The van der Waals surface area contributed by atoms with Gasteiger partial charge in [-0.05, 0) is 110 Å². The number of ether oxygens (including phenoxy) is 1. The molecule has 2 saturated carbocycles. The number of rotatable bonds is 12. The molecule has 2 aromatic carbocycles. The second kappa shape index (κ2) is 14.0. The molecule has 0 aromatic heterocycles. The van der Waals surface area contributed by atoms with Crippen molar-refractivity contribution >= 4 is 0 Å². The van der Waals surface area contributed by atoms with Gasteiger partial charge in [-0.25, -0.2) is 4.39 Å². The summed E-state index contributed by atoms with van der Waals surface area (Å²) < 4.78 is 49.4. The Bertz CT molecular complexity index is 970. The van der Waals surface area contributed by atoms with Crippen molar-refractivity contribution < 1.29 is 17.9 Å². The lowest BCUT2D eigenvalue weighted by molar-refractivity contribution is -0.249. The maximum Gasteiger partial charge on any atom is 0.386 e. The maximum atomic E-state index is 14.8. The largest absolute Gasteiger partial charge is 0.386 e. The van der Waals surface area contributed by atoms with Crippen molar-refractivity contribution in [2.75, 3.05) is 6.61 Å². The summed E-state index contributed by atoms with van der Waals surface area (Å²) in [6, 6.07) is 12.6. The first-order valence-corrected chi connectivity index (χ1v) is 15.3. The summed E-state index contributed by atoms with van der Waals surface area (Å²) >= 11 is 0. The van der Waals surface area contributed by atoms with Gasteiger partial charge in [0.2, 0.25) is 0 Å². The predicted molar refractivity (Wildman–Crippen MR) is 150 cm³/mol. The highest BCUT2D eigenvalue weighted by Crippen LogP contribution is 2.40. The van der Waals surface area contributed by atoms with Gasteiger partial charge in [0.1, 0.15) is 5.82 Å². The van der Waals surface area contributed by atoms with Crippen LogP contribution in [0.15, 0.2) is 42.5 Å². The second-order valence-electron chi connectivity index (χ2n) is 11.9. The van der Waals surface area contributed by atoms with E-state index in [2.05, 4.69) is 26.0 Å². The first-order chi connectivity index (χ1) is 18.4. The Morgan fingerprint density at radius 1 is 0.763 bits per heavy atom. The molecule has 2 aliphatic rings. The van der Waals surface area contributed by atoms with Gasteiger partial charge in [0, 0.05) is 0 Å². The monoisotopic (exact) mass is 528 g/mol. The number of alkyl halides is 2. The maximum absolute atomic E-state index is 14.8. The van der Waals surface area contributed by atoms with Crippen LogP contribution in [-0.2, 0) is 17.3 Å². The van der Waals surface area contributed by atoms with E-state index in [4.69, 9.17) is 4.74 Å². The molecule has 38 heavy (non-hydrogen) atoms. The lowest BCUT2D eigenvalue weighted by Gasteiger charge is -2.29. The van der Waals surface area contributed by atoms with E-state index in [1.54, 1.807) is 6.07 Å². The smallest absolute Gasteiger partial charge is 0.316 e. The fourth-order valence-electron chi connectivity index (χ4n) is 6.72. The first-order valence-electron chi connectivity index (χ1n) is 15.3. The number of benzene rings is 2. The SMILES string of the molecule is CCCCCC1CCC(c2ccc(C(F)(F)OCCc3ccc(C4CCC(CC)CC4)cc3)c(F)c2)CC1. The molecular weight excluding hydrogens is 481 g/mol. The third kappa shape index (κ3) is 7.87. The molecule has 0 unspecified atom stereocenters. The molecule has 0 spiro atoms. The van der Waals surface area contributed by atoms with Crippen LogP contribution in [0.2, 0.25) is 0 Å². The van der Waals surface area contributed by atoms with Crippen LogP contribution < -0.4 is 0 Å². The van der Waals surface area contributed by atoms with E-state index in [-0.39, 0.29) is 12.5 Å². The third-order valence-corrected chi connectivity index (χ3v) is 9.39. The molecular formula is C34H47F3O. The van der Waals surface area contributed by atoms with E-state index in [0.29, 0.717) is 12.3 Å². The lowest BCUT2D eigenvalue weighted by atomic mass is 9.77. The number of hydrogen-bond donors (Lipinski definition) is 0. The molecule has 0 atom stereocenters. The second-order valence-corrected chi connectivity index (χ2v) is 11.9. The summed E-state index contributed by atoms with van der Waals surface area (Å²) in [6.07, 6.45) is 12.5. The Morgan fingerprint density at radius 2 is 1.37 bits per heavy atom. The van der Waals surface area contributed by atoms with Crippen LogP contribution in [0.5, 0.6) is 0 Å². The molecule has 0 radical (unpaired) electrons. The highest BCUT2D eigenvalue weighted by Gasteiger charge is 2.36. The van der Waals surface area contributed by atoms with Gasteiger partial charge in [0.05, 0.1) is 12.2 Å². The Hall–Kier alpha value is -1.81. The zero-order valence-corrected chi connectivity index (χ0v) is 23.5. The predicted octanol–water partition coefficient (Wildman–Crippen LogP) is 10.7. The van der Waals surface area contributed by atoms with Crippen LogP contribution in [0.1, 0.15) is 131 Å². The zero-order chi connectivity index (χ0) is 27.0. The molecule has 0 heterocycles. The molecule has 4 heteroatoms. The molecule has 210 valence electrons. The van der Waals surface area contributed by atoms with Crippen molar-refractivity contribution in [2.24, 2.45) is 11.8 Å². The van der Waals surface area contributed by atoms with Gasteiger partial charge in [0.15, 0.2) is 0 Å². The standard InChI is InChI=1S/C34H47F3O/c1-3-5-6-7-26-10-18-30(19-11-26)31-20-21-32(33(35)24-31)34(36,37)38-23-22-27-12-16-29(17-13-27)28-14-8-25(4-2)9-15-28/h12-13,16-17,20-21,24-26,28,30H,3-11,14-15,18-19,22-23H2,1-2H3. The Morgan fingerprint density at radius 3 is 1.97 bits per heavy atom. The van der Waals surface area contributed by atoms with Gasteiger partial charge in [0.25, 0.3) is 0 Å². The summed E-state index contributed by atoms with van der Waals surface area (Å²) in [5.74, 6) is 1.64. The Labute approximate surface area is 228 Å². The summed E-state index contributed by atoms with van der Waals surface area (Å²) in [5.41, 5.74) is 2.50. The summed E-state index contributed by atoms with van der Waals surface area (Å²) in [4.78, 5) is 0. The molecule has 0 N–H and O–H groups in total.